The summed E-state index contributed by atoms with van der Waals surface area (Å²) < 4.78 is 17.0. The first kappa shape index (κ1) is 12.0. The molecule has 0 amide bonds. The molecule has 54 valence electrons. The molecule has 0 aromatic carbocycles. The Hall–Kier alpha value is 0.234. The normalized spacial score (nSPS) is 7.56. The van der Waals surface area contributed by atoms with Crippen molar-refractivity contribution in [3.63, 3.8) is 0 Å². The summed E-state index contributed by atoms with van der Waals surface area (Å²) in [7, 11) is 0. The Bertz CT molecular complexity index is 76.6. The van der Waals surface area contributed by atoms with Crippen LogP contribution in [-0.2, 0) is 25.7 Å². The minimum absolute atomic E-state index is 0.486. The molecule has 0 fully saturated rings. The summed E-state index contributed by atoms with van der Waals surface area (Å²) in [6, 6.07) is 0. The third-order valence-corrected chi connectivity index (χ3v) is 0.547. The first-order chi connectivity index (χ1) is 4.18. The zero-order valence-corrected chi connectivity index (χ0v) is 6.76. The molecule has 0 saturated heterocycles. The molecule has 0 aliphatic rings. The summed E-state index contributed by atoms with van der Waals surface area (Å²) >= 11 is -2.00. The molecule has 0 heterocycles. The van der Waals surface area contributed by atoms with Crippen LogP contribution in [0.2, 0.25) is 0 Å². The summed E-state index contributed by atoms with van der Waals surface area (Å²) in [6.07, 6.45) is 0.215. The van der Waals surface area contributed by atoms with E-state index in [-0.39, 0.29) is 0 Å². The van der Waals surface area contributed by atoms with Crippen molar-refractivity contribution >= 4 is 0 Å². The number of rotatable bonds is 2. The Labute approximate surface area is 62.5 Å². The van der Waals surface area contributed by atoms with Crippen LogP contribution in [0.5, 0.6) is 0 Å². The Morgan fingerprint density at radius 1 is 1.44 bits per heavy atom. The van der Waals surface area contributed by atoms with Gasteiger partial charge in [0.25, 0.3) is 0 Å². The molecule has 0 unspecified atom stereocenters. The summed E-state index contributed by atoms with van der Waals surface area (Å²) in [5.74, 6) is 0. The summed E-state index contributed by atoms with van der Waals surface area (Å²) in [5, 5.41) is 16.2. The van der Waals surface area contributed by atoms with Gasteiger partial charge in [-0.2, -0.15) is 0 Å². The van der Waals surface area contributed by atoms with Crippen LogP contribution >= 0.6 is 0 Å². The zero-order chi connectivity index (χ0) is 7.70. The van der Waals surface area contributed by atoms with Gasteiger partial charge in [0, 0.05) is 0 Å². The predicted octanol–water partition coefficient (Wildman–Crippen LogP) is -0.143. The molecule has 0 aliphatic heterocycles. The fraction of sp³-hybridized carbons (Fsp3) is 1.00. The van der Waals surface area contributed by atoms with Gasteiger partial charge in [-0.15, -0.1) is 0 Å². The van der Waals surface area contributed by atoms with E-state index in [1.54, 1.807) is 0 Å². The van der Waals surface area contributed by atoms with Gasteiger partial charge in [0.05, 0.1) is 0 Å². The fourth-order valence-corrected chi connectivity index (χ4v) is 0.258. The molecular weight excluding hydrogens is 160 g/mol. The second-order valence-electron chi connectivity index (χ2n) is 1.35. The number of aliphatic hydroxyl groups is 2. The molecule has 0 rings (SSSR count). The summed E-state index contributed by atoms with van der Waals surface area (Å²) in [4.78, 5) is 0. The molecule has 4 nitrogen and oxygen atoms in total. The van der Waals surface area contributed by atoms with Crippen molar-refractivity contribution in [1.29, 1.82) is 0 Å². The van der Waals surface area contributed by atoms with Crippen LogP contribution in [0.25, 0.3) is 0 Å². The van der Waals surface area contributed by atoms with Gasteiger partial charge >= 0.3 is 25.7 Å². The Morgan fingerprint density at radius 2 is 1.78 bits per heavy atom. The molecule has 0 bridgehead atoms. The maximum absolute atomic E-state index is 8.50. The van der Waals surface area contributed by atoms with Crippen molar-refractivity contribution in [2.75, 3.05) is 0 Å². The van der Waals surface area contributed by atoms with E-state index >= 15 is 0 Å². The zero-order valence-electron chi connectivity index (χ0n) is 5.20. The quantitative estimate of drug-likeness (QED) is 0.446. The molecule has 0 aliphatic carbocycles. The second kappa shape index (κ2) is 11.1. The topological polar surface area (TPSA) is 74.6 Å². The number of hydrogen-bond donors (Lipinski definition) is 2. The average Bonchev–Trinajstić information content (AvgIpc) is 1.67. The van der Waals surface area contributed by atoms with Gasteiger partial charge in [-0.05, 0) is 6.42 Å². The van der Waals surface area contributed by atoms with Crippen molar-refractivity contribution in [3.05, 3.63) is 0 Å². The van der Waals surface area contributed by atoms with Crippen LogP contribution < -0.4 is 0 Å². The average molecular weight is 170 g/mol. The number of aliphatic hydroxyl groups excluding tert-OH is 1. The third-order valence-electron chi connectivity index (χ3n) is 0.547. The Balaban J connectivity index is 0. The van der Waals surface area contributed by atoms with Crippen LogP contribution in [0.4, 0.5) is 0 Å². The van der Waals surface area contributed by atoms with E-state index < -0.39 is 25.4 Å². The fourth-order valence-electron chi connectivity index (χ4n) is 0.258. The van der Waals surface area contributed by atoms with Crippen LogP contribution in [0.15, 0.2) is 0 Å². The second-order valence-corrected chi connectivity index (χ2v) is 1.61. The molecular formula is C4H10O4Ti. The molecule has 0 aromatic heterocycles. The molecule has 5 heteroatoms. The summed E-state index contributed by atoms with van der Waals surface area (Å²) in [6.45, 7) is 1.90. The third kappa shape index (κ3) is 30.6. The van der Waals surface area contributed by atoms with Gasteiger partial charge in [-0.1, -0.05) is 13.3 Å². The SMILES string of the molecule is CCCC(O)O.[O]=[Ti]=[O]. The van der Waals surface area contributed by atoms with E-state index in [4.69, 9.17) is 16.9 Å². The van der Waals surface area contributed by atoms with Crippen molar-refractivity contribution in [1.82, 2.24) is 0 Å². The Morgan fingerprint density at radius 3 is 1.78 bits per heavy atom. The van der Waals surface area contributed by atoms with E-state index in [1.807, 2.05) is 6.92 Å². The molecule has 9 heavy (non-hydrogen) atoms. The molecule has 0 spiro atoms. The van der Waals surface area contributed by atoms with Crippen LogP contribution in [0, 0.1) is 0 Å². The minimum atomic E-state index is -2.00. The van der Waals surface area contributed by atoms with E-state index in [1.165, 1.54) is 0 Å². The van der Waals surface area contributed by atoms with Crippen molar-refractivity contribution in [2.24, 2.45) is 0 Å². The van der Waals surface area contributed by atoms with Crippen molar-refractivity contribution in [2.45, 2.75) is 26.1 Å². The van der Waals surface area contributed by atoms with Gasteiger partial charge in [0.2, 0.25) is 0 Å². The number of hydrogen-bond acceptors (Lipinski definition) is 4. The standard InChI is InChI=1S/C4H10O2.2O.Ti/c1-2-3-4(5)6;;;/h4-6H,2-3H2,1H3;;;. The first-order valence-electron chi connectivity index (χ1n) is 2.54. The van der Waals surface area contributed by atoms with Gasteiger partial charge in [0.15, 0.2) is 6.29 Å². The van der Waals surface area contributed by atoms with Gasteiger partial charge in [-0.3, -0.25) is 0 Å². The van der Waals surface area contributed by atoms with Crippen LogP contribution in [0.1, 0.15) is 19.8 Å². The Kier molecular flexibility index (Phi) is 14.7. The molecule has 0 radical (unpaired) electrons. The van der Waals surface area contributed by atoms with Crippen molar-refractivity contribution < 1.29 is 36.0 Å². The maximum atomic E-state index is 8.50. The van der Waals surface area contributed by atoms with E-state index in [0.29, 0.717) is 6.42 Å². The van der Waals surface area contributed by atoms with Gasteiger partial charge in [0.1, 0.15) is 0 Å². The van der Waals surface area contributed by atoms with Gasteiger partial charge in [-0.25, -0.2) is 0 Å². The van der Waals surface area contributed by atoms with Gasteiger partial charge < -0.3 is 10.2 Å². The van der Waals surface area contributed by atoms with Crippen LogP contribution in [0.3, 0.4) is 0 Å². The van der Waals surface area contributed by atoms with E-state index in [2.05, 4.69) is 0 Å². The predicted molar refractivity (Wildman–Crippen MR) is 24.5 cm³/mol. The van der Waals surface area contributed by atoms with E-state index in [0.717, 1.165) is 6.42 Å². The molecule has 2 N–H and O–H groups in total. The van der Waals surface area contributed by atoms with Crippen molar-refractivity contribution in [3.8, 4) is 0 Å². The van der Waals surface area contributed by atoms with Crippen LogP contribution in [-0.4, -0.2) is 16.5 Å². The summed E-state index contributed by atoms with van der Waals surface area (Å²) in [5.41, 5.74) is 0. The molecule has 0 saturated carbocycles. The molecule has 0 aromatic rings. The monoisotopic (exact) mass is 170 g/mol. The first-order valence-corrected chi connectivity index (χ1v) is 3.82. The van der Waals surface area contributed by atoms with E-state index in [9.17, 15) is 0 Å². The molecule has 0 atom stereocenters.